The highest BCUT2D eigenvalue weighted by Gasteiger charge is 2.28. The van der Waals surface area contributed by atoms with Gasteiger partial charge in [-0.2, -0.15) is 0 Å². The van der Waals surface area contributed by atoms with Crippen molar-refractivity contribution in [1.29, 1.82) is 0 Å². The number of phenols is 1. The van der Waals surface area contributed by atoms with Gasteiger partial charge in [-0.25, -0.2) is 0 Å². The molecule has 0 saturated carbocycles. The molecule has 0 amide bonds. The molecule has 5 nitrogen and oxygen atoms in total. The van der Waals surface area contributed by atoms with Crippen LogP contribution >= 0.6 is 11.6 Å². The van der Waals surface area contributed by atoms with Crippen LogP contribution in [0, 0.1) is 0 Å². The Bertz CT molecular complexity index is 809. The first-order chi connectivity index (χ1) is 14.1. The lowest BCUT2D eigenvalue weighted by molar-refractivity contribution is 0.0887. The Morgan fingerprint density at radius 1 is 1.07 bits per heavy atom. The zero-order chi connectivity index (χ0) is 20.2. The summed E-state index contributed by atoms with van der Waals surface area (Å²) in [4.78, 5) is 7.65. The number of hydrogen-bond acceptors (Lipinski definition) is 5. The average Bonchev–Trinajstić information content (AvgIpc) is 2.77. The number of piperazine rings is 1. The number of piperidine rings is 1. The van der Waals surface area contributed by atoms with Crippen LogP contribution in [-0.4, -0.2) is 67.3 Å². The molecule has 1 N–H and O–H groups in total. The molecule has 0 radical (unpaired) electrons. The van der Waals surface area contributed by atoms with Crippen LogP contribution in [0.25, 0.3) is 0 Å². The molecule has 0 unspecified atom stereocenters. The maximum atomic E-state index is 9.96. The Hall–Kier alpha value is -1.95. The van der Waals surface area contributed by atoms with Gasteiger partial charge in [-0.05, 0) is 49.2 Å². The molecular weight excluding hydrogens is 386 g/mol. The third kappa shape index (κ3) is 4.80. The molecular formula is C23H30ClN3O2. The van der Waals surface area contributed by atoms with Crippen LogP contribution in [0.4, 0.5) is 5.69 Å². The molecule has 29 heavy (non-hydrogen) atoms. The second-order valence-corrected chi connectivity index (χ2v) is 8.43. The summed E-state index contributed by atoms with van der Waals surface area (Å²) < 4.78 is 5.25. The van der Waals surface area contributed by atoms with Gasteiger partial charge >= 0.3 is 0 Å². The van der Waals surface area contributed by atoms with Gasteiger partial charge < -0.3 is 14.7 Å². The van der Waals surface area contributed by atoms with Crippen LogP contribution in [0.5, 0.6) is 11.5 Å². The summed E-state index contributed by atoms with van der Waals surface area (Å²) >= 11 is 6.17. The second-order valence-electron chi connectivity index (χ2n) is 8.02. The van der Waals surface area contributed by atoms with E-state index in [0.717, 1.165) is 51.4 Å². The minimum Gasteiger partial charge on any atom is -0.503 e. The summed E-state index contributed by atoms with van der Waals surface area (Å²) in [6.07, 6.45) is 2.48. The van der Waals surface area contributed by atoms with Crippen LogP contribution in [0.1, 0.15) is 18.4 Å². The van der Waals surface area contributed by atoms with E-state index in [2.05, 4.69) is 45.0 Å². The van der Waals surface area contributed by atoms with Crippen molar-refractivity contribution in [2.24, 2.45) is 0 Å². The first-order valence-electron chi connectivity index (χ1n) is 10.5. The summed E-state index contributed by atoms with van der Waals surface area (Å²) in [6, 6.07) is 15.1. The van der Waals surface area contributed by atoms with Crippen LogP contribution in [-0.2, 0) is 6.54 Å². The molecule has 0 aromatic heterocycles. The predicted molar refractivity (Wildman–Crippen MR) is 118 cm³/mol. The molecule has 0 aliphatic carbocycles. The number of methoxy groups -OCH3 is 1. The van der Waals surface area contributed by atoms with Crippen LogP contribution in [0.15, 0.2) is 42.5 Å². The maximum Gasteiger partial charge on any atom is 0.176 e. The number of para-hydroxylation sites is 1. The van der Waals surface area contributed by atoms with Gasteiger partial charge in [0.15, 0.2) is 11.5 Å². The third-order valence-corrected chi connectivity index (χ3v) is 6.44. The molecule has 4 rings (SSSR count). The van der Waals surface area contributed by atoms with E-state index in [4.69, 9.17) is 16.3 Å². The molecule has 2 saturated heterocycles. The smallest absolute Gasteiger partial charge is 0.176 e. The Labute approximate surface area is 178 Å². The molecule has 156 valence electrons. The summed E-state index contributed by atoms with van der Waals surface area (Å²) in [7, 11) is 1.56. The Balaban J connectivity index is 1.34. The van der Waals surface area contributed by atoms with Crippen molar-refractivity contribution in [2.75, 3.05) is 51.3 Å². The van der Waals surface area contributed by atoms with Crippen molar-refractivity contribution < 1.29 is 9.84 Å². The highest BCUT2D eigenvalue weighted by Crippen LogP contribution is 2.35. The van der Waals surface area contributed by atoms with E-state index >= 15 is 0 Å². The quantitative estimate of drug-likeness (QED) is 0.803. The fraction of sp³-hybridized carbons (Fsp3) is 0.478. The minimum absolute atomic E-state index is 0.0192. The standard InChI is InChI=1S/C23H30ClN3O2/c1-29-22-15-18(14-21(24)23(22)28)16-25-9-5-8-20(17-25)27-12-10-26(11-13-27)19-6-3-2-4-7-19/h2-4,6-7,14-15,20,28H,5,8-13,16-17H2,1H3/t20-/m0/s1. The van der Waals surface area contributed by atoms with E-state index in [1.807, 2.05) is 12.1 Å². The first kappa shape index (κ1) is 20.3. The van der Waals surface area contributed by atoms with Crippen molar-refractivity contribution in [1.82, 2.24) is 9.80 Å². The summed E-state index contributed by atoms with van der Waals surface area (Å²) in [6.45, 7) is 7.42. The van der Waals surface area contributed by atoms with Gasteiger partial charge in [-0.1, -0.05) is 29.8 Å². The van der Waals surface area contributed by atoms with Gasteiger partial charge in [0, 0.05) is 51.0 Å². The Kier molecular flexibility index (Phi) is 6.48. The average molecular weight is 416 g/mol. The van der Waals surface area contributed by atoms with E-state index in [0.29, 0.717) is 16.8 Å². The SMILES string of the molecule is COc1cc(CN2CCC[C@H](N3CCN(c4ccccc4)CC3)C2)cc(Cl)c1O. The molecule has 0 spiro atoms. The van der Waals surface area contributed by atoms with Crippen molar-refractivity contribution in [2.45, 2.75) is 25.4 Å². The topological polar surface area (TPSA) is 39.2 Å². The number of ether oxygens (including phenoxy) is 1. The number of anilines is 1. The third-order valence-electron chi connectivity index (χ3n) is 6.15. The normalized spacial score (nSPS) is 21.3. The van der Waals surface area contributed by atoms with Gasteiger partial charge in [-0.3, -0.25) is 9.80 Å². The van der Waals surface area contributed by atoms with E-state index in [1.165, 1.54) is 18.5 Å². The first-order valence-corrected chi connectivity index (χ1v) is 10.8. The van der Waals surface area contributed by atoms with Crippen molar-refractivity contribution in [3.05, 3.63) is 53.1 Å². The zero-order valence-electron chi connectivity index (χ0n) is 17.1. The number of likely N-dealkylation sites (tertiary alicyclic amines) is 1. The van der Waals surface area contributed by atoms with Crippen LogP contribution < -0.4 is 9.64 Å². The maximum absolute atomic E-state index is 9.96. The highest BCUT2D eigenvalue weighted by atomic mass is 35.5. The minimum atomic E-state index is 0.0192. The Morgan fingerprint density at radius 2 is 1.83 bits per heavy atom. The number of halogens is 1. The predicted octanol–water partition coefficient (Wildman–Crippen LogP) is 3.84. The molecule has 0 bridgehead atoms. The highest BCUT2D eigenvalue weighted by molar-refractivity contribution is 6.32. The van der Waals surface area contributed by atoms with Crippen LogP contribution in [0.2, 0.25) is 5.02 Å². The number of rotatable bonds is 5. The molecule has 6 heteroatoms. The lowest BCUT2D eigenvalue weighted by Crippen LogP contribution is -2.55. The molecule has 2 aromatic rings. The molecule has 2 heterocycles. The van der Waals surface area contributed by atoms with Crippen LogP contribution in [0.3, 0.4) is 0 Å². The van der Waals surface area contributed by atoms with Crippen molar-refractivity contribution >= 4 is 17.3 Å². The summed E-state index contributed by atoms with van der Waals surface area (Å²) in [5.41, 5.74) is 2.41. The number of nitrogens with zero attached hydrogens (tertiary/aromatic N) is 3. The molecule has 2 aromatic carbocycles. The van der Waals surface area contributed by atoms with Gasteiger partial charge in [0.25, 0.3) is 0 Å². The second kappa shape index (κ2) is 9.24. The van der Waals surface area contributed by atoms with Crippen molar-refractivity contribution in [3.63, 3.8) is 0 Å². The van der Waals surface area contributed by atoms with Gasteiger partial charge in [0.2, 0.25) is 0 Å². The fourth-order valence-corrected chi connectivity index (χ4v) is 4.82. The fourth-order valence-electron chi connectivity index (χ4n) is 4.59. The van der Waals surface area contributed by atoms with Gasteiger partial charge in [-0.15, -0.1) is 0 Å². The molecule has 2 fully saturated rings. The molecule has 1 atom stereocenters. The van der Waals surface area contributed by atoms with E-state index < -0.39 is 0 Å². The number of benzene rings is 2. The summed E-state index contributed by atoms with van der Waals surface area (Å²) in [5, 5.41) is 10.3. The number of hydrogen-bond donors (Lipinski definition) is 1. The van der Waals surface area contributed by atoms with Crippen molar-refractivity contribution in [3.8, 4) is 11.5 Å². The Morgan fingerprint density at radius 3 is 2.55 bits per heavy atom. The van der Waals surface area contributed by atoms with E-state index in [9.17, 15) is 5.11 Å². The van der Waals surface area contributed by atoms with Gasteiger partial charge in [0.1, 0.15) is 0 Å². The van der Waals surface area contributed by atoms with Gasteiger partial charge in [0.05, 0.1) is 12.1 Å². The largest absolute Gasteiger partial charge is 0.503 e. The number of aromatic hydroxyl groups is 1. The summed E-state index contributed by atoms with van der Waals surface area (Å²) in [5.74, 6) is 0.462. The number of phenolic OH excluding ortho intramolecular Hbond substituents is 1. The molecule has 2 aliphatic rings. The molecule has 2 aliphatic heterocycles. The lowest BCUT2D eigenvalue weighted by Gasteiger charge is -2.44. The zero-order valence-corrected chi connectivity index (χ0v) is 17.8. The van der Waals surface area contributed by atoms with E-state index in [1.54, 1.807) is 7.11 Å². The lowest BCUT2D eigenvalue weighted by atomic mass is 10.0. The monoisotopic (exact) mass is 415 g/mol. The van der Waals surface area contributed by atoms with E-state index in [-0.39, 0.29) is 5.75 Å².